The minimum absolute atomic E-state index is 0. The van der Waals surface area contributed by atoms with E-state index in [1.807, 2.05) is 0 Å². The van der Waals surface area contributed by atoms with Gasteiger partial charge in [-0.15, -0.1) is 0 Å². The Balaban J connectivity index is -0.000000109. The summed E-state index contributed by atoms with van der Waals surface area (Å²) < 4.78 is 7.81. The molecule has 0 rings (SSSR count). The van der Waals surface area contributed by atoms with Crippen molar-refractivity contribution in [3.8, 4) is 0 Å². The molecule has 9 heavy (non-hydrogen) atoms. The topological polar surface area (TPSA) is 34.1 Å². The number of hydrogen-bond acceptors (Lipinski definition) is 2. The smallest absolute Gasteiger partial charge is 0 e. The van der Waals surface area contributed by atoms with Crippen molar-refractivity contribution in [2.24, 2.45) is 0 Å². The summed E-state index contributed by atoms with van der Waals surface area (Å²) in [5.41, 5.74) is 0. The molecule has 0 aromatic rings. The second-order valence-electron chi connectivity index (χ2n) is 1.16. The van der Waals surface area contributed by atoms with Gasteiger partial charge in [0.15, 0.2) is 0 Å². The molecule has 0 aliphatic heterocycles. The van der Waals surface area contributed by atoms with E-state index in [1.165, 1.54) is 0 Å². The molecule has 4 heteroatoms. The maximum Gasteiger partial charge on any atom is 0 e. The summed E-state index contributed by atoms with van der Waals surface area (Å²) in [5.74, 6) is 0. The molecule has 2 nitrogen and oxygen atoms in total. The van der Waals surface area contributed by atoms with E-state index in [0.717, 1.165) is 19.1 Å². The fourth-order valence-electron chi connectivity index (χ4n) is 0.228. The van der Waals surface area contributed by atoms with Crippen LogP contribution in [0.15, 0.2) is 0 Å². The van der Waals surface area contributed by atoms with Crippen molar-refractivity contribution < 1.29 is 43.1 Å². The third kappa shape index (κ3) is 29.0. The zero-order valence-corrected chi connectivity index (χ0v) is 7.31. The van der Waals surface area contributed by atoms with Crippen molar-refractivity contribution >= 4 is 6.29 Å². The van der Waals surface area contributed by atoms with Crippen LogP contribution in [0.25, 0.3) is 0 Å². The van der Waals surface area contributed by atoms with Gasteiger partial charge in [-0.2, -0.15) is 6.42 Å². The van der Waals surface area contributed by atoms with E-state index in [-0.39, 0.29) is 18.6 Å². The van der Waals surface area contributed by atoms with Crippen LogP contribution >= 0.6 is 0 Å². The Labute approximate surface area is 75.7 Å². The minimum atomic E-state index is 0. The third-order valence-electron chi connectivity index (χ3n) is 0.572. The summed E-state index contributed by atoms with van der Waals surface area (Å²) >= 11 is 2.94. The normalized spacial score (nSPS) is 6.11. The van der Waals surface area contributed by atoms with Gasteiger partial charge in [-0.05, 0) is 0 Å². The summed E-state index contributed by atoms with van der Waals surface area (Å²) in [6.45, 7) is 3.56. The average molecular weight is 216 g/mol. The van der Waals surface area contributed by atoms with Crippen LogP contribution in [0, 0.1) is 6.92 Å². The molecule has 0 N–H and O–H groups in total. The first-order chi connectivity index (χ1) is 3.91. The molecule has 0 saturated heterocycles. The van der Waals surface area contributed by atoms with Crippen molar-refractivity contribution in [1.29, 1.82) is 0 Å². The van der Waals surface area contributed by atoms with Crippen LogP contribution in [0.5, 0.6) is 0 Å². The molecule has 0 aromatic carbocycles. The molecule has 0 aromatic heterocycles. The Kier molecular flexibility index (Phi) is 42.5. The van der Waals surface area contributed by atoms with Crippen molar-refractivity contribution in [2.45, 2.75) is 19.3 Å². The number of aldehydes is 1. The number of hydrogen-bond donors (Lipinski definition) is 0. The van der Waals surface area contributed by atoms with E-state index in [4.69, 9.17) is 3.83 Å². The zero-order valence-electron chi connectivity index (χ0n) is 4.97. The Bertz CT molecular complexity index is 52.2. The van der Waals surface area contributed by atoms with Crippen molar-refractivity contribution in [1.82, 2.24) is 0 Å². The molecule has 0 saturated carbocycles. The van der Waals surface area contributed by atoms with E-state index < -0.39 is 0 Å². The van der Waals surface area contributed by atoms with E-state index in [2.05, 4.69) is 22.9 Å². The van der Waals surface area contributed by atoms with Gasteiger partial charge >= 0.3 is 19.8 Å². The predicted molar refractivity (Wildman–Crippen MR) is 26.0 cm³/mol. The fraction of sp³-hybridized carbons (Fsp3) is 0.600. The number of unbranched alkanes of at least 4 members (excludes halogenated alkanes) is 2. The van der Waals surface area contributed by atoms with E-state index in [9.17, 15) is 4.79 Å². The molecule has 1 radical (unpaired) electrons. The Morgan fingerprint density at radius 3 is 2.00 bits per heavy atom. The van der Waals surface area contributed by atoms with Crippen LogP contribution in [0.4, 0.5) is 0 Å². The zero-order chi connectivity index (χ0) is 6.83. The molecule has 0 unspecified atom stereocenters. The van der Waals surface area contributed by atoms with Gasteiger partial charge in [0.2, 0.25) is 0 Å². The molecule has 0 spiro atoms. The molecule has 0 amide bonds. The Morgan fingerprint density at radius 1 is 1.44 bits per heavy atom. The van der Waals surface area contributed by atoms with E-state index in [1.54, 1.807) is 0 Å². The van der Waals surface area contributed by atoms with Crippen molar-refractivity contribution in [2.75, 3.05) is 0 Å². The number of carbonyl (C=O) groups is 1. The van der Waals surface area contributed by atoms with E-state index in [0.29, 0.717) is 6.42 Å². The van der Waals surface area contributed by atoms with Crippen LogP contribution in [0.3, 0.4) is 0 Å². The molecule has 0 bridgehead atoms. The quantitative estimate of drug-likeness (QED) is 0.305. The Morgan fingerprint density at radius 2 is 1.89 bits per heavy atom. The summed E-state index contributed by atoms with van der Waals surface area (Å²) in [5, 5.41) is 0. The molecule has 0 aliphatic carbocycles. The van der Waals surface area contributed by atoms with Gasteiger partial charge in [0.05, 0.1) is 0 Å². The second kappa shape index (κ2) is 23.5. The first-order valence-electron chi connectivity index (χ1n) is 2.27. The van der Waals surface area contributed by atoms with Gasteiger partial charge in [-0.25, -0.2) is 0 Å². The van der Waals surface area contributed by atoms with Gasteiger partial charge in [0, 0.05) is 25.0 Å². The SMILES string of the molecule is [CH2-]CCCC=O.[O]=[Cu].[V]. The third-order valence-corrected chi connectivity index (χ3v) is 0.572. The maximum atomic E-state index is 9.54. The largest absolute Gasteiger partial charge is 0 e. The number of carbonyl (C=O) groups excluding carboxylic acids is 1. The maximum absolute atomic E-state index is 9.54. The average Bonchev–Trinajstić information content (AvgIpc) is 1.88. The molecule has 0 heterocycles. The van der Waals surface area contributed by atoms with Crippen LogP contribution in [0.2, 0.25) is 0 Å². The van der Waals surface area contributed by atoms with Gasteiger partial charge in [0.25, 0.3) is 0 Å². The summed E-state index contributed by atoms with van der Waals surface area (Å²) in [6, 6.07) is 0. The van der Waals surface area contributed by atoms with Crippen LogP contribution in [0.1, 0.15) is 19.3 Å². The molecule has 58 valence electrons. The first kappa shape index (κ1) is 16.3. The van der Waals surface area contributed by atoms with Gasteiger partial charge in [-0.1, -0.05) is 6.42 Å². The van der Waals surface area contributed by atoms with E-state index >= 15 is 0 Å². The second-order valence-corrected chi connectivity index (χ2v) is 1.16. The predicted octanol–water partition coefficient (Wildman–Crippen LogP) is 1.07. The molecule has 0 atom stereocenters. The fourth-order valence-corrected chi connectivity index (χ4v) is 0.228. The summed E-state index contributed by atoms with van der Waals surface area (Å²) in [6.07, 6.45) is 3.40. The molecular formula is C5H9CuO2V-. The van der Waals surface area contributed by atoms with Gasteiger partial charge in [0.1, 0.15) is 6.29 Å². The molecule has 0 aliphatic rings. The summed E-state index contributed by atoms with van der Waals surface area (Å²) in [4.78, 5) is 9.54. The van der Waals surface area contributed by atoms with Gasteiger partial charge in [-0.3, -0.25) is 0 Å². The van der Waals surface area contributed by atoms with Gasteiger partial charge < -0.3 is 11.7 Å². The first-order valence-corrected chi connectivity index (χ1v) is 2.65. The van der Waals surface area contributed by atoms with Crippen molar-refractivity contribution in [3.05, 3.63) is 6.92 Å². The van der Waals surface area contributed by atoms with Crippen LogP contribution < -0.4 is 0 Å². The van der Waals surface area contributed by atoms with Crippen molar-refractivity contribution in [3.63, 3.8) is 0 Å². The van der Waals surface area contributed by atoms with Crippen LogP contribution in [-0.4, -0.2) is 6.29 Å². The Hall–Kier alpha value is 0.574. The minimum Gasteiger partial charge on any atom is 0 e. The standard InChI is InChI=1S/C5H9O.Cu.O.V/c1-2-3-4-5-6;;;/h5H,1-4H2;;;/q-1;;;. The van der Waals surface area contributed by atoms with Crippen LogP contribution in [-0.2, 0) is 43.1 Å². The summed E-state index contributed by atoms with van der Waals surface area (Å²) in [7, 11) is 0. The molecular weight excluding hydrogens is 207 g/mol. The number of rotatable bonds is 3. The molecule has 0 fully saturated rings. The monoisotopic (exact) mass is 215 g/mol.